The Labute approximate surface area is 158 Å². The van der Waals surface area contributed by atoms with E-state index >= 15 is 0 Å². The van der Waals surface area contributed by atoms with Crippen molar-refractivity contribution < 1.29 is 13.2 Å². The van der Waals surface area contributed by atoms with Crippen LogP contribution < -0.4 is 5.32 Å². The van der Waals surface area contributed by atoms with Gasteiger partial charge in [-0.25, -0.2) is 8.42 Å². The van der Waals surface area contributed by atoms with Crippen molar-refractivity contribution in [3.63, 3.8) is 0 Å². The normalized spacial score (nSPS) is 16.3. The fourth-order valence-electron chi connectivity index (χ4n) is 2.98. The number of halogens is 1. The molecule has 0 spiro atoms. The Hall–Kier alpha value is -1.96. The number of nitrogens with one attached hydrogen (secondary N) is 1. The van der Waals surface area contributed by atoms with Gasteiger partial charge >= 0.3 is 0 Å². The molecular weight excluding hydrogens is 374 g/mol. The minimum atomic E-state index is -3.55. The first-order chi connectivity index (χ1) is 12.5. The smallest absolute Gasteiger partial charge is 0.244 e. The summed E-state index contributed by atoms with van der Waals surface area (Å²) in [5, 5.41) is 3.51. The van der Waals surface area contributed by atoms with E-state index in [2.05, 4.69) is 10.3 Å². The Bertz CT molecular complexity index is 866. The van der Waals surface area contributed by atoms with E-state index in [1.807, 2.05) is 18.2 Å². The largest absolute Gasteiger partial charge is 0.352 e. The molecule has 6 nitrogen and oxygen atoms in total. The summed E-state index contributed by atoms with van der Waals surface area (Å²) in [6.07, 6.45) is 3.87. The van der Waals surface area contributed by atoms with E-state index in [0.717, 1.165) is 5.56 Å². The second-order valence-electron chi connectivity index (χ2n) is 6.18. The van der Waals surface area contributed by atoms with Gasteiger partial charge in [0.2, 0.25) is 15.9 Å². The minimum absolute atomic E-state index is 0.0663. The minimum Gasteiger partial charge on any atom is -0.352 e. The van der Waals surface area contributed by atoms with Crippen LogP contribution in [0.15, 0.2) is 53.7 Å². The van der Waals surface area contributed by atoms with Crippen molar-refractivity contribution in [1.29, 1.82) is 0 Å². The number of carbonyl (C=O) groups excluding carboxylic acids is 1. The molecule has 0 saturated carbocycles. The van der Waals surface area contributed by atoms with Crippen molar-refractivity contribution in [2.75, 3.05) is 13.1 Å². The number of benzene rings is 1. The van der Waals surface area contributed by atoms with E-state index in [4.69, 9.17) is 11.6 Å². The molecule has 1 amide bonds. The molecule has 1 aliphatic rings. The molecule has 8 heteroatoms. The fourth-order valence-corrected chi connectivity index (χ4v) is 4.61. The van der Waals surface area contributed by atoms with Gasteiger partial charge < -0.3 is 5.32 Å². The van der Waals surface area contributed by atoms with Crippen molar-refractivity contribution in [1.82, 2.24) is 14.6 Å². The van der Waals surface area contributed by atoms with Crippen LogP contribution in [0.3, 0.4) is 0 Å². The predicted octanol–water partition coefficient (Wildman–Crippen LogP) is 2.45. The quantitative estimate of drug-likeness (QED) is 0.846. The molecule has 0 radical (unpaired) electrons. The van der Waals surface area contributed by atoms with Gasteiger partial charge in [0.05, 0.1) is 0 Å². The summed E-state index contributed by atoms with van der Waals surface area (Å²) in [5.41, 5.74) is 0.860. The number of hydrogen-bond acceptors (Lipinski definition) is 4. The molecule has 1 saturated heterocycles. The molecule has 138 valence electrons. The highest BCUT2D eigenvalue weighted by atomic mass is 35.5. The predicted molar refractivity (Wildman–Crippen MR) is 99.0 cm³/mol. The van der Waals surface area contributed by atoms with Crippen LogP contribution in [-0.2, 0) is 21.4 Å². The standard InChI is InChI=1S/C18H20ClN3O3S/c19-17-6-2-1-4-15(17)12-21-18(23)14-7-10-22(11-8-14)26(24,25)16-5-3-9-20-13-16/h1-6,9,13-14H,7-8,10-12H2,(H,21,23). The monoisotopic (exact) mass is 393 g/mol. The van der Waals surface area contributed by atoms with E-state index < -0.39 is 10.0 Å². The summed E-state index contributed by atoms with van der Waals surface area (Å²) in [5.74, 6) is -0.263. The first-order valence-electron chi connectivity index (χ1n) is 8.40. The van der Waals surface area contributed by atoms with Gasteiger partial charge in [0.15, 0.2) is 0 Å². The lowest BCUT2D eigenvalue weighted by atomic mass is 9.97. The third-order valence-corrected chi connectivity index (χ3v) is 6.76. The Balaban J connectivity index is 1.55. The third-order valence-electron chi connectivity index (χ3n) is 4.51. The van der Waals surface area contributed by atoms with Crippen molar-refractivity contribution >= 4 is 27.5 Å². The van der Waals surface area contributed by atoms with Crippen molar-refractivity contribution in [3.8, 4) is 0 Å². The molecule has 1 aromatic carbocycles. The SMILES string of the molecule is O=C(NCc1ccccc1Cl)C1CCN(S(=O)(=O)c2cccnc2)CC1. The summed E-state index contributed by atoms with van der Waals surface area (Å²) in [6.45, 7) is 1.01. The Morgan fingerprint density at radius 1 is 1.19 bits per heavy atom. The molecule has 2 aromatic rings. The maximum absolute atomic E-state index is 12.6. The van der Waals surface area contributed by atoms with Gasteiger partial charge in [0.1, 0.15) is 4.90 Å². The van der Waals surface area contributed by atoms with Crippen molar-refractivity contribution in [2.45, 2.75) is 24.3 Å². The first kappa shape index (κ1) is 18.8. The number of rotatable bonds is 5. The summed E-state index contributed by atoms with van der Waals surface area (Å²) >= 11 is 6.09. The number of nitrogens with zero attached hydrogens (tertiary/aromatic N) is 2. The van der Waals surface area contributed by atoms with E-state index in [1.54, 1.807) is 12.1 Å². The summed E-state index contributed by atoms with van der Waals surface area (Å²) in [6, 6.07) is 10.5. The summed E-state index contributed by atoms with van der Waals surface area (Å²) in [7, 11) is -3.55. The second kappa shape index (κ2) is 8.16. The highest BCUT2D eigenvalue weighted by Crippen LogP contribution is 2.24. The van der Waals surface area contributed by atoms with Crippen LogP contribution in [0.5, 0.6) is 0 Å². The van der Waals surface area contributed by atoms with Gasteiger partial charge in [-0.15, -0.1) is 0 Å². The molecule has 1 aromatic heterocycles. The van der Waals surface area contributed by atoms with Gasteiger partial charge in [-0.1, -0.05) is 29.8 Å². The zero-order valence-electron chi connectivity index (χ0n) is 14.1. The molecule has 1 fully saturated rings. The maximum atomic E-state index is 12.6. The van der Waals surface area contributed by atoms with Crippen LogP contribution in [0.25, 0.3) is 0 Å². The second-order valence-corrected chi connectivity index (χ2v) is 8.52. The maximum Gasteiger partial charge on any atom is 0.244 e. The van der Waals surface area contributed by atoms with Crippen LogP contribution >= 0.6 is 11.6 Å². The third kappa shape index (κ3) is 4.23. The van der Waals surface area contributed by atoms with Gasteiger partial charge in [0.25, 0.3) is 0 Å². The number of pyridine rings is 1. The van der Waals surface area contributed by atoms with Crippen LogP contribution in [0.4, 0.5) is 0 Å². The number of hydrogen-bond donors (Lipinski definition) is 1. The van der Waals surface area contributed by atoms with E-state index in [0.29, 0.717) is 37.5 Å². The van der Waals surface area contributed by atoms with Crippen LogP contribution in [0.1, 0.15) is 18.4 Å². The average Bonchev–Trinajstić information content (AvgIpc) is 2.68. The van der Waals surface area contributed by atoms with Crippen LogP contribution in [0.2, 0.25) is 5.02 Å². The van der Waals surface area contributed by atoms with E-state index in [9.17, 15) is 13.2 Å². The molecule has 1 aliphatic heterocycles. The highest BCUT2D eigenvalue weighted by molar-refractivity contribution is 7.89. The average molecular weight is 394 g/mol. The van der Waals surface area contributed by atoms with Crippen molar-refractivity contribution in [3.05, 3.63) is 59.4 Å². The summed E-state index contributed by atoms with van der Waals surface area (Å²) in [4.78, 5) is 16.4. The van der Waals surface area contributed by atoms with Crippen LogP contribution in [0, 0.1) is 5.92 Å². The zero-order chi connectivity index (χ0) is 18.6. The summed E-state index contributed by atoms with van der Waals surface area (Å²) < 4.78 is 26.6. The zero-order valence-corrected chi connectivity index (χ0v) is 15.7. The number of sulfonamides is 1. The molecule has 0 atom stereocenters. The molecule has 0 aliphatic carbocycles. The van der Waals surface area contributed by atoms with E-state index in [-0.39, 0.29) is 16.7 Å². The first-order valence-corrected chi connectivity index (χ1v) is 10.2. The Morgan fingerprint density at radius 3 is 2.58 bits per heavy atom. The van der Waals surface area contributed by atoms with Gasteiger partial charge in [0, 0.05) is 43.0 Å². The lowest BCUT2D eigenvalue weighted by Crippen LogP contribution is -2.42. The lowest BCUT2D eigenvalue weighted by Gasteiger charge is -2.30. The molecule has 0 unspecified atom stereocenters. The molecular formula is C18H20ClN3O3S. The fraction of sp³-hybridized carbons (Fsp3) is 0.333. The van der Waals surface area contributed by atoms with Gasteiger partial charge in [-0.2, -0.15) is 4.31 Å². The molecule has 0 bridgehead atoms. The van der Waals surface area contributed by atoms with E-state index in [1.165, 1.54) is 22.8 Å². The van der Waals surface area contributed by atoms with Crippen molar-refractivity contribution in [2.24, 2.45) is 5.92 Å². The number of amides is 1. The molecule has 2 heterocycles. The topological polar surface area (TPSA) is 79.4 Å². The molecule has 1 N–H and O–H groups in total. The molecule has 26 heavy (non-hydrogen) atoms. The Morgan fingerprint density at radius 2 is 1.92 bits per heavy atom. The lowest BCUT2D eigenvalue weighted by molar-refractivity contribution is -0.126. The van der Waals surface area contributed by atoms with Gasteiger partial charge in [-0.3, -0.25) is 9.78 Å². The van der Waals surface area contributed by atoms with Crippen LogP contribution in [-0.4, -0.2) is 36.7 Å². The Kier molecular flexibility index (Phi) is 5.90. The number of piperidine rings is 1. The molecule has 3 rings (SSSR count). The number of carbonyl (C=O) groups is 1. The van der Waals surface area contributed by atoms with Gasteiger partial charge in [-0.05, 0) is 36.6 Å². The highest BCUT2D eigenvalue weighted by Gasteiger charge is 2.32. The number of aromatic nitrogens is 1.